The number of ether oxygens (including phenoxy) is 3. The summed E-state index contributed by atoms with van der Waals surface area (Å²) in [5.74, 6) is 2.57. The van der Waals surface area contributed by atoms with Crippen LogP contribution in [-0.4, -0.2) is 45.6 Å². The molecule has 0 unspecified atom stereocenters. The molecule has 178 valence electrons. The van der Waals surface area contributed by atoms with Gasteiger partial charge >= 0.3 is 0 Å². The van der Waals surface area contributed by atoms with E-state index in [1.54, 1.807) is 33.5 Å². The van der Waals surface area contributed by atoms with E-state index in [2.05, 4.69) is 32.1 Å². The van der Waals surface area contributed by atoms with Gasteiger partial charge in [-0.3, -0.25) is 0 Å². The number of rotatable bonds is 8. The predicted octanol–water partition coefficient (Wildman–Crippen LogP) is 4.02. The first kappa shape index (κ1) is 22.1. The third kappa shape index (κ3) is 4.17. The number of hydrogen-bond acceptors (Lipinski definition) is 8. The molecule has 0 radical (unpaired) electrons. The van der Waals surface area contributed by atoms with Gasteiger partial charge in [-0.25, -0.2) is 4.98 Å². The summed E-state index contributed by atoms with van der Waals surface area (Å²) in [4.78, 5) is 9.20. The maximum atomic E-state index is 6.30. The van der Waals surface area contributed by atoms with E-state index in [1.165, 1.54) is 4.68 Å². The monoisotopic (exact) mass is 471 g/mol. The fourth-order valence-electron chi connectivity index (χ4n) is 3.95. The Balaban J connectivity index is 1.54. The van der Waals surface area contributed by atoms with Crippen molar-refractivity contribution in [3.8, 4) is 23.2 Å². The van der Waals surface area contributed by atoms with E-state index in [0.717, 1.165) is 16.6 Å². The molecule has 0 amide bonds. The zero-order valence-electron chi connectivity index (χ0n) is 19.6. The van der Waals surface area contributed by atoms with Crippen LogP contribution in [0, 0.1) is 0 Å². The second-order valence-electron chi connectivity index (χ2n) is 7.72. The number of benzene rings is 3. The second-order valence-corrected chi connectivity index (χ2v) is 7.72. The van der Waals surface area contributed by atoms with Gasteiger partial charge in [0.05, 0.1) is 38.9 Å². The number of aromatic nitrogens is 5. The molecule has 10 heteroatoms. The van der Waals surface area contributed by atoms with Crippen molar-refractivity contribution in [2.45, 2.75) is 6.54 Å². The normalized spacial score (nSPS) is 10.9. The zero-order chi connectivity index (χ0) is 24.4. The Labute approximate surface area is 201 Å². The van der Waals surface area contributed by atoms with Crippen molar-refractivity contribution >= 4 is 28.6 Å². The molecule has 0 aliphatic rings. The molecule has 3 N–H and O–H groups in total. The van der Waals surface area contributed by atoms with Gasteiger partial charge in [-0.2, -0.15) is 9.67 Å². The van der Waals surface area contributed by atoms with Crippen LogP contribution < -0.4 is 25.3 Å². The van der Waals surface area contributed by atoms with Crippen molar-refractivity contribution < 1.29 is 14.2 Å². The topological polar surface area (TPSA) is 114 Å². The van der Waals surface area contributed by atoms with Crippen molar-refractivity contribution in [3.05, 3.63) is 72.3 Å². The Morgan fingerprint density at radius 3 is 2.23 bits per heavy atom. The van der Waals surface area contributed by atoms with Crippen LogP contribution in [-0.2, 0) is 6.54 Å². The highest BCUT2D eigenvalue weighted by molar-refractivity contribution is 5.77. The number of para-hydroxylation sites is 2. The van der Waals surface area contributed by atoms with E-state index < -0.39 is 0 Å². The van der Waals surface area contributed by atoms with E-state index in [1.807, 2.05) is 42.5 Å². The van der Waals surface area contributed by atoms with E-state index in [4.69, 9.17) is 24.9 Å². The van der Waals surface area contributed by atoms with E-state index >= 15 is 0 Å². The molecule has 10 nitrogen and oxygen atoms in total. The maximum absolute atomic E-state index is 6.30. The Morgan fingerprint density at radius 1 is 0.857 bits per heavy atom. The van der Waals surface area contributed by atoms with Gasteiger partial charge in [0.2, 0.25) is 23.6 Å². The van der Waals surface area contributed by atoms with Crippen LogP contribution in [0.5, 0.6) is 17.2 Å². The van der Waals surface area contributed by atoms with Crippen molar-refractivity contribution in [2.75, 3.05) is 32.4 Å². The lowest BCUT2D eigenvalue weighted by Gasteiger charge is -2.14. The van der Waals surface area contributed by atoms with Crippen LogP contribution in [0.15, 0.2) is 66.7 Å². The minimum absolute atomic E-state index is 0.199. The molecule has 0 spiro atoms. The number of anilines is 3. The van der Waals surface area contributed by atoms with E-state index in [0.29, 0.717) is 41.4 Å². The van der Waals surface area contributed by atoms with Gasteiger partial charge in [0, 0.05) is 17.8 Å². The average molecular weight is 472 g/mol. The number of nitrogen functional groups attached to an aromatic ring is 1. The molecule has 2 heterocycles. The molecule has 0 saturated heterocycles. The number of nitrogens with one attached hydrogen (secondary N) is 1. The molecule has 0 aliphatic carbocycles. The lowest BCUT2D eigenvalue weighted by atomic mass is 10.2. The summed E-state index contributed by atoms with van der Waals surface area (Å²) in [5, 5.41) is 7.76. The van der Waals surface area contributed by atoms with Crippen molar-refractivity contribution in [1.82, 2.24) is 24.3 Å². The zero-order valence-corrected chi connectivity index (χ0v) is 19.6. The predicted molar refractivity (Wildman–Crippen MR) is 134 cm³/mol. The third-order valence-electron chi connectivity index (χ3n) is 5.56. The third-order valence-corrected chi connectivity index (χ3v) is 5.56. The van der Waals surface area contributed by atoms with Gasteiger partial charge in [0.1, 0.15) is 0 Å². The Morgan fingerprint density at radius 2 is 1.54 bits per heavy atom. The van der Waals surface area contributed by atoms with Gasteiger partial charge in [0.25, 0.3) is 0 Å². The fraction of sp³-hybridized carbons (Fsp3) is 0.160. The first-order chi connectivity index (χ1) is 17.1. The molecule has 0 saturated carbocycles. The maximum Gasteiger partial charge on any atom is 0.248 e. The largest absolute Gasteiger partial charge is 0.493 e. The smallest absolute Gasteiger partial charge is 0.248 e. The van der Waals surface area contributed by atoms with Crippen molar-refractivity contribution in [3.63, 3.8) is 0 Å². The number of methoxy groups -OCH3 is 3. The molecule has 35 heavy (non-hydrogen) atoms. The standard InChI is InChI=1S/C25H25N7O3/c1-33-20-13-17(14-21(34-2)22(20)35-3)27-24-29-23(26)32(30-24)25-28-18-11-7-8-12-19(18)31(25)15-16-9-5-4-6-10-16/h4-14H,15H2,1-3H3,(H3,26,27,29,30). The van der Waals surface area contributed by atoms with Crippen LogP contribution in [0.3, 0.4) is 0 Å². The lowest BCUT2D eigenvalue weighted by molar-refractivity contribution is 0.324. The molecule has 2 aromatic heterocycles. The first-order valence-electron chi connectivity index (χ1n) is 10.9. The minimum atomic E-state index is 0.199. The van der Waals surface area contributed by atoms with E-state index in [9.17, 15) is 0 Å². The summed E-state index contributed by atoms with van der Waals surface area (Å²) < 4.78 is 19.9. The summed E-state index contributed by atoms with van der Waals surface area (Å²) >= 11 is 0. The summed E-state index contributed by atoms with van der Waals surface area (Å²) in [6, 6.07) is 21.6. The molecule has 3 aromatic carbocycles. The quantitative estimate of drug-likeness (QED) is 0.349. The van der Waals surface area contributed by atoms with Gasteiger partial charge in [-0.05, 0) is 17.7 Å². The number of nitrogens with two attached hydrogens (primary N) is 1. The number of fused-ring (bicyclic) bond motifs is 1. The number of nitrogens with zero attached hydrogens (tertiary/aromatic N) is 5. The average Bonchev–Trinajstić information content (AvgIpc) is 3.43. The van der Waals surface area contributed by atoms with Crippen molar-refractivity contribution in [1.29, 1.82) is 0 Å². The highest BCUT2D eigenvalue weighted by Gasteiger charge is 2.19. The SMILES string of the molecule is COc1cc(Nc2nc(N)n(-c3nc4ccccc4n3Cc3ccccc3)n2)cc(OC)c1OC. The van der Waals surface area contributed by atoms with Crippen LogP contribution in [0.4, 0.5) is 17.6 Å². The molecular weight excluding hydrogens is 446 g/mol. The summed E-state index contributed by atoms with van der Waals surface area (Å²) in [7, 11) is 4.67. The number of hydrogen-bond donors (Lipinski definition) is 2. The summed E-state index contributed by atoms with van der Waals surface area (Å²) in [5.41, 5.74) is 9.89. The van der Waals surface area contributed by atoms with Crippen LogP contribution in [0.1, 0.15) is 5.56 Å². The molecule has 0 fully saturated rings. The molecule has 0 bridgehead atoms. The first-order valence-corrected chi connectivity index (χ1v) is 10.9. The van der Waals surface area contributed by atoms with Crippen molar-refractivity contribution in [2.24, 2.45) is 0 Å². The van der Waals surface area contributed by atoms with Crippen LogP contribution in [0.2, 0.25) is 0 Å². The lowest BCUT2D eigenvalue weighted by Crippen LogP contribution is -2.11. The fourth-order valence-corrected chi connectivity index (χ4v) is 3.95. The second kappa shape index (κ2) is 9.26. The highest BCUT2D eigenvalue weighted by Crippen LogP contribution is 2.40. The summed E-state index contributed by atoms with van der Waals surface area (Å²) in [6.07, 6.45) is 0. The molecule has 5 aromatic rings. The molecular formula is C25H25N7O3. The van der Waals surface area contributed by atoms with Gasteiger partial charge in [-0.1, -0.05) is 42.5 Å². The Hall–Kier alpha value is -4.73. The van der Waals surface area contributed by atoms with Gasteiger partial charge < -0.3 is 29.8 Å². The summed E-state index contributed by atoms with van der Waals surface area (Å²) in [6.45, 7) is 0.603. The molecule has 0 atom stereocenters. The Bertz CT molecular complexity index is 1450. The molecule has 5 rings (SSSR count). The van der Waals surface area contributed by atoms with Crippen LogP contribution >= 0.6 is 0 Å². The number of imidazole rings is 1. The molecule has 0 aliphatic heterocycles. The minimum Gasteiger partial charge on any atom is -0.493 e. The van der Waals surface area contributed by atoms with Gasteiger partial charge in [-0.15, -0.1) is 5.10 Å². The van der Waals surface area contributed by atoms with Crippen LogP contribution in [0.25, 0.3) is 17.0 Å². The highest BCUT2D eigenvalue weighted by atomic mass is 16.5. The van der Waals surface area contributed by atoms with E-state index in [-0.39, 0.29) is 5.95 Å². The Kier molecular flexibility index (Phi) is 5.84. The van der Waals surface area contributed by atoms with Gasteiger partial charge in [0.15, 0.2) is 11.5 Å².